The fraction of sp³-hybridized carbons (Fsp3) is 0.0345. The second kappa shape index (κ2) is 7.03. The third-order valence-electron chi connectivity index (χ3n) is 5.99. The molecule has 0 N–H and O–H groups in total. The van der Waals surface area contributed by atoms with Crippen LogP contribution in [0.25, 0.3) is 55.0 Å². The van der Waals surface area contributed by atoms with E-state index >= 15 is 0 Å². The summed E-state index contributed by atoms with van der Waals surface area (Å²) in [7, 11) is 1.71. The van der Waals surface area contributed by atoms with Crippen LogP contribution in [0.5, 0.6) is 5.75 Å². The molecule has 0 radical (unpaired) electrons. The van der Waals surface area contributed by atoms with E-state index in [0.717, 1.165) is 44.6 Å². The lowest BCUT2D eigenvalue weighted by atomic mass is 9.90. The summed E-state index contributed by atoms with van der Waals surface area (Å²) in [5.74, 6) is 0.844. The molecular formula is C29H20O2. The largest absolute Gasteiger partial charge is 0.497 e. The summed E-state index contributed by atoms with van der Waals surface area (Å²) in [5, 5.41) is 4.74. The summed E-state index contributed by atoms with van der Waals surface area (Å²) in [4.78, 5) is 0. The normalized spacial score (nSPS) is 11.4. The highest BCUT2D eigenvalue weighted by molar-refractivity contribution is 6.22. The fourth-order valence-electron chi connectivity index (χ4n) is 4.55. The van der Waals surface area contributed by atoms with Gasteiger partial charge in [-0.2, -0.15) is 0 Å². The number of furan rings is 1. The van der Waals surface area contributed by atoms with Crippen molar-refractivity contribution < 1.29 is 9.15 Å². The van der Waals surface area contributed by atoms with Crippen LogP contribution in [-0.4, -0.2) is 7.11 Å². The molecule has 6 aromatic rings. The van der Waals surface area contributed by atoms with Crippen LogP contribution in [0.4, 0.5) is 0 Å². The number of benzene rings is 5. The second-order valence-electron chi connectivity index (χ2n) is 7.72. The maximum atomic E-state index is 6.29. The van der Waals surface area contributed by atoms with Gasteiger partial charge in [-0.25, -0.2) is 0 Å². The van der Waals surface area contributed by atoms with Crippen molar-refractivity contribution in [3.8, 4) is 28.0 Å². The molecule has 148 valence electrons. The van der Waals surface area contributed by atoms with Gasteiger partial charge in [-0.15, -0.1) is 0 Å². The number of para-hydroxylation sites is 1. The van der Waals surface area contributed by atoms with E-state index in [9.17, 15) is 0 Å². The molecule has 1 heterocycles. The molecule has 0 atom stereocenters. The Hall–Kier alpha value is -4.04. The molecule has 0 fully saturated rings. The van der Waals surface area contributed by atoms with E-state index < -0.39 is 0 Å². The van der Waals surface area contributed by atoms with Gasteiger partial charge in [0.25, 0.3) is 0 Å². The molecule has 0 bridgehead atoms. The summed E-state index contributed by atoms with van der Waals surface area (Å²) in [5.41, 5.74) is 6.43. The molecule has 0 saturated carbocycles. The quantitative estimate of drug-likeness (QED) is 0.299. The van der Waals surface area contributed by atoms with E-state index in [1.807, 2.05) is 24.3 Å². The van der Waals surface area contributed by atoms with Crippen molar-refractivity contribution in [2.24, 2.45) is 0 Å². The fourth-order valence-corrected chi connectivity index (χ4v) is 4.55. The highest BCUT2D eigenvalue weighted by Gasteiger charge is 2.17. The molecule has 31 heavy (non-hydrogen) atoms. The van der Waals surface area contributed by atoms with E-state index in [-0.39, 0.29) is 0 Å². The number of hydrogen-bond donors (Lipinski definition) is 0. The zero-order valence-corrected chi connectivity index (χ0v) is 17.1. The van der Waals surface area contributed by atoms with Gasteiger partial charge in [-0.1, -0.05) is 78.9 Å². The average molecular weight is 400 g/mol. The summed E-state index contributed by atoms with van der Waals surface area (Å²) >= 11 is 0. The monoisotopic (exact) mass is 400 g/mol. The van der Waals surface area contributed by atoms with Gasteiger partial charge >= 0.3 is 0 Å². The first-order valence-corrected chi connectivity index (χ1v) is 10.4. The minimum Gasteiger partial charge on any atom is -0.497 e. The molecule has 0 aliphatic carbocycles. The zero-order valence-electron chi connectivity index (χ0n) is 17.1. The van der Waals surface area contributed by atoms with Crippen LogP contribution in [0, 0.1) is 0 Å². The maximum absolute atomic E-state index is 6.29. The van der Waals surface area contributed by atoms with Crippen molar-refractivity contribution in [2.75, 3.05) is 7.11 Å². The Morgan fingerprint density at radius 2 is 1.26 bits per heavy atom. The lowest BCUT2D eigenvalue weighted by Gasteiger charge is -2.15. The summed E-state index contributed by atoms with van der Waals surface area (Å²) < 4.78 is 11.8. The van der Waals surface area contributed by atoms with Gasteiger partial charge < -0.3 is 9.15 Å². The van der Waals surface area contributed by atoms with Gasteiger partial charge in [-0.3, -0.25) is 0 Å². The van der Waals surface area contributed by atoms with Gasteiger partial charge in [0.05, 0.1) is 7.11 Å². The summed E-state index contributed by atoms with van der Waals surface area (Å²) in [6.45, 7) is 0. The molecule has 0 aliphatic rings. The Balaban J connectivity index is 1.74. The molecule has 0 amide bonds. The Morgan fingerprint density at radius 1 is 0.548 bits per heavy atom. The van der Waals surface area contributed by atoms with Crippen LogP contribution in [0.2, 0.25) is 0 Å². The number of hydrogen-bond acceptors (Lipinski definition) is 2. The lowest BCUT2D eigenvalue weighted by molar-refractivity contribution is 0.415. The van der Waals surface area contributed by atoms with Crippen molar-refractivity contribution in [1.82, 2.24) is 0 Å². The van der Waals surface area contributed by atoms with E-state index in [4.69, 9.17) is 9.15 Å². The van der Waals surface area contributed by atoms with E-state index in [1.54, 1.807) is 7.11 Å². The van der Waals surface area contributed by atoms with Gasteiger partial charge in [-0.05, 0) is 57.3 Å². The number of methoxy groups -OCH3 is 1. The Kier molecular flexibility index (Phi) is 4.03. The van der Waals surface area contributed by atoms with Gasteiger partial charge in [0, 0.05) is 10.8 Å². The Morgan fingerprint density at radius 3 is 2.06 bits per heavy atom. The number of ether oxygens (including phenoxy) is 1. The highest BCUT2D eigenvalue weighted by Crippen LogP contribution is 2.43. The first-order valence-electron chi connectivity index (χ1n) is 10.4. The van der Waals surface area contributed by atoms with Crippen LogP contribution in [-0.2, 0) is 0 Å². The first kappa shape index (κ1) is 17.8. The van der Waals surface area contributed by atoms with E-state index in [1.165, 1.54) is 16.2 Å². The Labute approximate surface area is 180 Å². The van der Waals surface area contributed by atoms with Crippen molar-refractivity contribution in [3.05, 3.63) is 103 Å². The minimum atomic E-state index is 0.844. The molecule has 0 aliphatic heterocycles. The van der Waals surface area contributed by atoms with Gasteiger partial charge in [0.1, 0.15) is 16.9 Å². The molecule has 2 nitrogen and oxygen atoms in total. The van der Waals surface area contributed by atoms with Crippen molar-refractivity contribution in [2.45, 2.75) is 0 Å². The minimum absolute atomic E-state index is 0.844. The summed E-state index contributed by atoms with van der Waals surface area (Å²) in [6, 6.07) is 35.8. The van der Waals surface area contributed by atoms with Gasteiger partial charge in [0.15, 0.2) is 0 Å². The molecule has 2 heteroatoms. The highest BCUT2D eigenvalue weighted by atomic mass is 16.5. The molecule has 0 unspecified atom stereocenters. The van der Waals surface area contributed by atoms with E-state index in [2.05, 4.69) is 78.9 Å². The van der Waals surface area contributed by atoms with Crippen molar-refractivity contribution in [1.29, 1.82) is 0 Å². The Bertz CT molecular complexity index is 1560. The zero-order chi connectivity index (χ0) is 20.8. The maximum Gasteiger partial charge on any atom is 0.136 e. The number of rotatable bonds is 3. The first-order chi connectivity index (χ1) is 15.3. The SMILES string of the molecule is COc1ccc(-c2cc3oc4ccccc4c3c3ccccc23)c(-c2ccccc2)c1. The third-order valence-corrected chi connectivity index (χ3v) is 5.99. The molecule has 1 aromatic heterocycles. The molecule has 0 spiro atoms. The van der Waals surface area contributed by atoms with Crippen molar-refractivity contribution >= 4 is 32.7 Å². The average Bonchev–Trinajstić information content (AvgIpc) is 3.22. The summed E-state index contributed by atoms with van der Waals surface area (Å²) in [6.07, 6.45) is 0. The lowest BCUT2D eigenvalue weighted by Crippen LogP contribution is -1.90. The molecule has 6 rings (SSSR count). The van der Waals surface area contributed by atoms with Crippen LogP contribution in [0.15, 0.2) is 108 Å². The van der Waals surface area contributed by atoms with E-state index in [0.29, 0.717) is 0 Å². The standard InChI is InChI=1S/C29H20O2/c1-30-20-15-16-22(25(17-20)19-9-3-2-4-10-19)26-18-28-29(23-12-6-5-11-21(23)26)24-13-7-8-14-27(24)31-28/h2-18H,1H3. The third kappa shape index (κ3) is 2.80. The van der Waals surface area contributed by atoms with Gasteiger partial charge in [0.2, 0.25) is 0 Å². The van der Waals surface area contributed by atoms with Crippen LogP contribution in [0.3, 0.4) is 0 Å². The molecular weight excluding hydrogens is 380 g/mol. The molecule has 0 saturated heterocycles. The predicted molar refractivity (Wildman–Crippen MR) is 129 cm³/mol. The molecule has 5 aromatic carbocycles. The topological polar surface area (TPSA) is 22.4 Å². The van der Waals surface area contributed by atoms with Crippen LogP contribution < -0.4 is 4.74 Å². The van der Waals surface area contributed by atoms with Crippen LogP contribution >= 0.6 is 0 Å². The smallest absolute Gasteiger partial charge is 0.136 e. The van der Waals surface area contributed by atoms with Crippen molar-refractivity contribution in [3.63, 3.8) is 0 Å². The predicted octanol–water partition coefficient (Wildman–Crippen LogP) is 8.08. The van der Waals surface area contributed by atoms with Crippen LogP contribution in [0.1, 0.15) is 0 Å². The second-order valence-corrected chi connectivity index (χ2v) is 7.72. The number of fused-ring (bicyclic) bond motifs is 5.